The third-order valence-electron chi connectivity index (χ3n) is 11.7. The molecule has 4 aliphatic rings. The van der Waals surface area contributed by atoms with Gasteiger partial charge in [0.2, 0.25) is 0 Å². The Kier molecular flexibility index (Phi) is 6.19. The molecule has 2 heterocycles. The van der Waals surface area contributed by atoms with Crippen molar-refractivity contribution < 1.29 is 4.42 Å². The summed E-state index contributed by atoms with van der Waals surface area (Å²) in [6, 6.07) is 30.0. The summed E-state index contributed by atoms with van der Waals surface area (Å²) in [7, 11) is 0. The van der Waals surface area contributed by atoms with Crippen molar-refractivity contribution >= 4 is 73.5 Å². The molecule has 1 unspecified atom stereocenters. The van der Waals surface area contributed by atoms with Crippen molar-refractivity contribution in [2.24, 2.45) is 0 Å². The van der Waals surface area contributed by atoms with Gasteiger partial charge in [0, 0.05) is 33.3 Å². The molecule has 0 amide bonds. The van der Waals surface area contributed by atoms with Crippen molar-refractivity contribution in [3.8, 4) is 11.1 Å². The number of benzene rings is 5. The molecule has 0 radical (unpaired) electrons. The molecule has 0 spiro atoms. The van der Waals surface area contributed by atoms with Crippen LogP contribution in [-0.2, 0) is 12.8 Å². The Hall–Kier alpha value is -5.60. The highest BCUT2D eigenvalue weighted by atomic mass is 16.3. The predicted molar refractivity (Wildman–Crippen MR) is 211 cm³/mol. The van der Waals surface area contributed by atoms with Crippen LogP contribution in [0.4, 0.5) is 0 Å². The average molecular weight is 644 g/mol. The second-order valence-electron chi connectivity index (χ2n) is 14.5. The van der Waals surface area contributed by atoms with Gasteiger partial charge in [0.05, 0.1) is 11.0 Å². The quantitative estimate of drug-likeness (QED) is 0.187. The number of para-hydroxylation sites is 1. The molecule has 50 heavy (non-hydrogen) atoms. The van der Waals surface area contributed by atoms with Crippen molar-refractivity contribution in [2.45, 2.75) is 50.9 Å². The number of aromatic nitrogens is 1. The van der Waals surface area contributed by atoms with Gasteiger partial charge in [0.15, 0.2) is 0 Å². The smallest absolute Gasteiger partial charge is 0.135 e. The zero-order chi connectivity index (χ0) is 32.8. The lowest BCUT2D eigenvalue weighted by Gasteiger charge is -2.23. The summed E-state index contributed by atoms with van der Waals surface area (Å²) >= 11 is 0. The van der Waals surface area contributed by atoms with Gasteiger partial charge in [0.1, 0.15) is 11.3 Å². The van der Waals surface area contributed by atoms with Crippen LogP contribution in [0.25, 0.3) is 84.7 Å². The molecule has 0 saturated carbocycles. The van der Waals surface area contributed by atoms with E-state index < -0.39 is 0 Å². The lowest BCUT2D eigenvalue weighted by Crippen LogP contribution is -2.32. The van der Waals surface area contributed by atoms with Crippen LogP contribution >= 0.6 is 0 Å². The van der Waals surface area contributed by atoms with Crippen LogP contribution in [0.2, 0.25) is 0 Å². The van der Waals surface area contributed by atoms with Gasteiger partial charge >= 0.3 is 0 Å². The lowest BCUT2D eigenvalue weighted by atomic mass is 9.84. The summed E-state index contributed by atoms with van der Waals surface area (Å²) in [5.41, 5.74) is 13.1. The normalized spacial score (nSPS) is 17.8. The fourth-order valence-electron chi connectivity index (χ4n) is 9.34. The zero-order valence-electron chi connectivity index (χ0n) is 28.1. The van der Waals surface area contributed by atoms with E-state index in [-0.39, 0.29) is 0 Å². The summed E-state index contributed by atoms with van der Waals surface area (Å²) < 4.78 is 8.70. The van der Waals surface area contributed by atoms with Gasteiger partial charge in [-0.3, -0.25) is 0 Å². The Morgan fingerprint density at radius 3 is 2.36 bits per heavy atom. The first-order chi connectivity index (χ1) is 24.8. The summed E-state index contributed by atoms with van der Waals surface area (Å²) in [5.74, 6) is 1.34. The van der Waals surface area contributed by atoms with Crippen LogP contribution in [0.5, 0.6) is 0 Å². The Morgan fingerprint density at radius 1 is 0.620 bits per heavy atom. The third-order valence-corrected chi connectivity index (χ3v) is 11.7. The molecule has 2 nitrogen and oxygen atoms in total. The number of rotatable bonds is 3. The van der Waals surface area contributed by atoms with Gasteiger partial charge in [-0.15, -0.1) is 0 Å². The first-order valence-corrected chi connectivity index (χ1v) is 18.4. The number of furan rings is 1. The minimum atomic E-state index is 0.318. The van der Waals surface area contributed by atoms with Crippen LogP contribution in [0.1, 0.15) is 66.0 Å². The summed E-state index contributed by atoms with van der Waals surface area (Å²) in [5, 5.41) is 9.61. The van der Waals surface area contributed by atoms with Crippen molar-refractivity contribution in [3.05, 3.63) is 148 Å². The van der Waals surface area contributed by atoms with Crippen LogP contribution < -0.4 is 10.4 Å². The first kappa shape index (κ1) is 28.3. The number of aryl methyl sites for hydroxylation is 2. The van der Waals surface area contributed by atoms with E-state index in [0.717, 1.165) is 56.3 Å². The highest BCUT2D eigenvalue weighted by Gasteiger charge is 2.22. The molecule has 11 rings (SSSR count). The van der Waals surface area contributed by atoms with Gasteiger partial charge in [0.25, 0.3) is 0 Å². The van der Waals surface area contributed by atoms with E-state index in [2.05, 4.69) is 138 Å². The Bertz CT molecular complexity index is 2850. The SMILES string of the molecule is C1=CC(c2ccc3c4c(c5c(c3c2)CCC=C5)=CCCC=4)CC(n2c3ccccc3c3cc(-c4ccc5oc6c(c5c4)CCC=C6)ccc32)=C1. The minimum Gasteiger partial charge on any atom is -0.456 e. The Balaban J connectivity index is 1.00. The standard InChI is InChI=1S/C48H37NO/c1-2-14-37-35(12-1)36-13-3-4-15-38(36)42-27-31(20-23-39(37)42)30-10-9-11-34(26-30)49-45-18-7-5-16-40(45)43-28-32(21-24-46(43)49)33-22-25-48-44(29-33)41-17-6-8-19-47(41)50-48/h3,5,7-14,16,18-25,27-30H,1-2,4,6,15,17,26H2. The molecular formula is C48H37NO. The molecule has 4 aliphatic carbocycles. The molecule has 0 N–H and O–H groups in total. The highest BCUT2D eigenvalue weighted by molar-refractivity contribution is 6.11. The van der Waals surface area contributed by atoms with Gasteiger partial charge in [-0.2, -0.15) is 0 Å². The number of allylic oxidation sites excluding steroid dienone is 6. The van der Waals surface area contributed by atoms with E-state index in [9.17, 15) is 0 Å². The maximum absolute atomic E-state index is 6.18. The Morgan fingerprint density at radius 2 is 1.42 bits per heavy atom. The average Bonchev–Trinajstić information content (AvgIpc) is 3.73. The third kappa shape index (κ3) is 4.21. The van der Waals surface area contributed by atoms with Crippen LogP contribution in [0.15, 0.2) is 114 Å². The van der Waals surface area contributed by atoms with Crippen LogP contribution in [0.3, 0.4) is 0 Å². The second-order valence-corrected chi connectivity index (χ2v) is 14.5. The maximum atomic E-state index is 6.18. The zero-order valence-corrected chi connectivity index (χ0v) is 28.1. The molecule has 1 atom stereocenters. The van der Waals surface area contributed by atoms with Crippen molar-refractivity contribution in [1.82, 2.24) is 4.57 Å². The lowest BCUT2D eigenvalue weighted by molar-refractivity contribution is 0.595. The maximum Gasteiger partial charge on any atom is 0.135 e. The molecule has 0 bridgehead atoms. The first-order valence-electron chi connectivity index (χ1n) is 18.4. The molecule has 0 aliphatic heterocycles. The molecule has 0 fully saturated rings. The number of fused-ring (bicyclic) bond motifs is 12. The largest absolute Gasteiger partial charge is 0.456 e. The van der Waals surface area contributed by atoms with Gasteiger partial charge in [-0.1, -0.05) is 91.1 Å². The highest BCUT2D eigenvalue weighted by Crippen LogP contribution is 2.41. The van der Waals surface area contributed by atoms with E-state index in [1.54, 1.807) is 0 Å². The number of nitrogens with zero attached hydrogens (tertiary/aromatic N) is 1. The fraction of sp³-hybridized carbons (Fsp3) is 0.167. The fourth-order valence-corrected chi connectivity index (χ4v) is 9.34. The summed E-state index contributed by atoms with van der Waals surface area (Å²) in [4.78, 5) is 0. The monoisotopic (exact) mass is 643 g/mol. The van der Waals surface area contributed by atoms with Crippen molar-refractivity contribution in [3.63, 3.8) is 0 Å². The van der Waals surface area contributed by atoms with E-state index in [1.165, 1.54) is 87.5 Å². The van der Waals surface area contributed by atoms with E-state index >= 15 is 0 Å². The predicted octanol–water partition coefficient (Wildman–Crippen LogP) is 11.2. The topological polar surface area (TPSA) is 18.1 Å². The van der Waals surface area contributed by atoms with Crippen LogP contribution in [0, 0.1) is 0 Å². The Labute approximate surface area is 291 Å². The molecule has 240 valence electrons. The van der Waals surface area contributed by atoms with E-state index in [1.807, 2.05) is 0 Å². The van der Waals surface area contributed by atoms with Crippen molar-refractivity contribution in [2.75, 3.05) is 0 Å². The second kappa shape index (κ2) is 11.0. The van der Waals surface area contributed by atoms with Gasteiger partial charge in [-0.05, 0) is 136 Å². The van der Waals surface area contributed by atoms with Gasteiger partial charge < -0.3 is 8.98 Å². The number of hydrogen-bond donors (Lipinski definition) is 0. The minimum absolute atomic E-state index is 0.318. The molecular weight excluding hydrogens is 607 g/mol. The van der Waals surface area contributed by atoms with E-state index in [0.29, 0.717) is 5.92 Å². The molecule has 2 heteroatoms. The summed E-state index contributed by atoms with van der Waals surface area (Å²) in [6.07, 6.45) is 28.6. The molecule has 5 aromatic carbocycles. The van der Waals surface area contributed by atoms with Crippen LogP contribution in [-0.4, -0.2) is 4.57 Å². The molecule has 7 aromatic rings. The van der Waals surface area contributed by atoms with E-state index in [4.69, 9.17) is 4.42 Å². The van der Waals surface area contributed by atoms with Crippen molar-refractivity contribution in [1.29, 1.82) is 0 Å². The number of hydrogen-bond acceptors (Lipinski definition) is 1. The molecule has 0 saturated heterocycles. The van der Waals surface area contributed by atoms with Gasteiger partial charge in [-0.25, -0.2) is 0 Å². The molecule has 2 aromatic heterocycles. The summed E-state index contributed by atoms with van der Waals surface area (Å²) in [6.45, 7) is 0.